The summed E-state index contributed by atoms with van der Waals surface area (Å²) < 4.78 is 0. The minimum absolute atomic E-state index is 0.121. The summed E-state index contributed by atoms with van der Waals surface area (Å²) >= 11 is 0. The van der Waals surface area contributed by atoms with Gasteiger partial charge < -0.3 is 9.90 Å². The summed E-state index contributed by atoms with van der Waals surface area (Å²) in [5, 5.41) is 8.63. The minimum Gasteiger partial charge on any atom is -0.508 e. The molecule has 0 aromatic heterocycles. The molecule has 1 aromatic rings. The molecule has 1 N–H and O–H groups in total. The number of carbonyl (C=O) groups is 3. The van der Waals surface area contributed by atoms with Crippen LogP contribution in [0.2, 0.25) is 0 Å². The fraction of sp³-hybridized carbons (Fsp3) is 0.0714. The van der Waals surface area contributed by atoms with Crippen LogP contribution in [0, 0.1) is 0 Å². The molecule has 0 amide bonds. The number of hydrogen-bond donors (Lipinski definition) is 1. The predicted molar refractivity (Wildman–Crippen MR) is 68.1 cm³/mol. The Labute approximate surface area is 105 Å². The average molecular weight is 246 g/mol. The highest BCUT2D eigenvalue weighted by Crippen LogP contribution is 2.02. The van der Waals surface area contributed by atoms with Gasteiger partial charge in [0, 0.05) is 0 Å². The van der Waals surface area contributed by atoms with Crippen molar-refractivity contribution in [1.82, 2.24) is 0 Å². The van der Waals surface area contributed by atoms with Crippen LogP contribution in [0.3, 0.4) is 0 Å². The highest BCUT2D eigenvalue weighted by Gasteiger charge is 1.97. The first-order valence-electron chi connectivity index (χ1n) is 5.18. The van der Waals surface area contributed by atoms with Crippen LogP contribution >= 0.6 is 0 Å². The second-order valence-electron chi connectivity index (χ2n) is 3.04. The van der Waals surface area contributed by atoms with E-state index in [2.05, 4.69) is 0 Å². The number of phenolic OH excluding ortho intramolecular Hbond substituents is 1. The molecule has 4 heteroatoms. The Hall–Kier alpha value is -2.49. The molecule has 94 valence electrons. The van der Waals surface area contributed by atoms with Crippen LogP contribution in [-0.2, 0) is 14.4 Å². The number of hydrogen-bond acceptors (Lipinski definition) is 4. The summed E-state index contributed by atoms with van der Waals surface area (Å²) in [7, 11) is 0. The van der Waals surface area contributed by atoms with E-state index in [9.17, 15) is 9.59 Å². The number of phenols is 1. The second-order valence-corrected chi connectivity index (χ2v) is 3.04. The van der Waals surface area contributed by atoms with E-state index in [4.69, 9.17) is 9.90 Å². The maximum absolute atomic E-state index is 10.3. The molecule has 0 saturated carbocycles. The lowest BCUT2D eigenvalue weighted by Gasteiger charge is -1.87. The fourth-order valence-electron chi connectivity index (χ4n) is 0.868. The first-order valence-corrected chi connectivity index (χ1v) is 5.18. The molecule has 1 aromatic carbocycles. The van der Waals surface area contributed by atoms with Gasteiger partial charge in [0.05, 0.1) is 0 Å². The molecular formula is C14H14O4. The van der Waals surface area contributed by atoms with Gasteiger partial charge in [-0.25, -0.2) is 0 Å². The molecule has 0 spiro atoms. The first-order chi connectivity index (χ1) is 8.60. The quantitative estimate of drug-likeness (QED) is 0.560. The Morgan fingerprint density at radius 3 is 1.44 bits per heavy atom. The normalized spacial score (nSPS) is 11.8. The zero-order valence-electron chi connectivity index (χ0n) is 9.95. The van der Waals surface area contributed by atoms with E-state index in [0.717, 1.165) is 6.29 Å². The van der Waals surface area contributed by atoms with Gasteiger partial charge in [0.2, 0.25) is 0 Å². The Morgan fingerprint density at radius 1 is 0.889 bits per heavy atom. The van der Waals surface area contributed by atoms with Crippen molar-refractivity contribution < 1.29 is 19.5 Å². The van der Waals surface area contributed by atoms with Crippen LogP contribution in [0.4, 0.5) is 0 Å². The van der Waals surface area contributed by atoms with Crippen molar-refractivity contribution in [3.05, 3.63) is 54.6 Å². The summed E-state index contributed by atoms with van der Waals surface area (Å²) in [5.74, 6) is 0.0803. The SMILES string of the molecule is CC=O.O=C1C=CC(=O)C=C1.Oc1ccccc1. The van der Waals surface area contributed by atoms with Crippen LogP contribution in [0.15, 0.2) is 54.6 Å². The van der Waals surface area contributed by atoms with Gasteiger partial charge >= 0.3 is 0 Å². The molecule has 0 saturated heterocycles. The largest absolute Gasteiger partial charge is 0.508 e. The van der Waals surface area contributed by atoms with Gasteiger partial charge in [0.25, 0.3) is 0 Å². The van der Waals surface area contributed by atoms with E-state index in [0.29, 0.717) is 5.75 Å². The number of benzene rings is 1. The maximum Gasteiger partial charge on any atom is 0.178 e. The van der Waals surface area contributed by atoms with Crippen LogP contribution < -0.4 is 0 Å². The van der Waals surface area contributed by atoms with Gasteiger partial charge in [0.15, 0.2) is 11.6 Å². The summed E-state index contributed by atoms with van der Waals surface area (Å²) in [6.45, 7) is 1.44. The maximum atomic E-state index is 10.3. The Balaban J connectivity index is 0.000000267. The van der Waals surface area contributed by atoms with E-state index < -0.39 is 0 Å². The number of carbonyl (C=O) groups excluding carboxylic acids is 3. The summed E-state index contributed by atoms with van der Waals surface area (Å²) in [6, 6.07) is 8.71. The molecule has 1 aliphatic carbocycles. The van der Waals surface area contributed by atoms with Gasteiger partial charge in [-0.1, -0.05) is 18.2 Å². The lowest BCUT2D eigenvalue weighted by atomic mass is 10.2. The standard InChI is InChI=1S/C6H4O2.C6H6O.C2H4O/c7-5-1-2-6(8)4-3-5;7-6-4-2-1-3-5-6;1-2-3/h1-4H;1-5,7H;2H,1H3. The van der Waals surface area contributed by atoms with Crippen molar-refractivity contribution in [3.8, 4) is 5.75 Å². The van der Waals surface area contributed by atoms with Crippen molar-refractivity contribution in [2.24, 2.45) is 0 Å². The molecule has 0 heterocycles. The molecule has 1 aliphatic rings. The summed E-state index contributed by atoms with van der Waals surface area (Å²) in [4.78, 5) is 29.4. The Bertz CT molecular complexity index is 406. The number of aldehydes is 1. The van der Waals surface area contributed by atoms with Gasteiger partial charge in [-0.15, -0.1) is 0 Å². The molecule has 2 rings (SSSR count). The lowest BCUT2D eigenvalue weighted by molar-refractivity contribution is -0.113. The highest BCUT2D eigenvalue weighted by atomic mass is 16.3. The number of ketones is 2. The highest BCUT2D eigenvalue weighted by molar-refractivity contribution is 6.14. The Kier molecular flexibility index (Phi) is 8.37. The first kappa shape index (κ1) is 15.5. The third kappa shape index (κ3) is 8.79. The van der Waals surface area contributed by atoms with E-state index in [1.165, 1.54) is 31.2 Å². The van der Waals surface area contributed by atoms with Crippen molar-refractivity contribution in [2.45, 2.75) is 6.92 Å². The second kappa shape index (κ2) is 9.72. The van der Waals surface area contributed by atoms with E-state index >= 15 is 0 Å². The molecule has 0 aliphatic heterocycles. The fourth-order valence-corrected chi connectivity index (χ4v) is 0.868. The average Bonchev–Trinajstić information content (AvgIpc) is 2.36. The summed E-state index contributed by atoms with van der Waals surface area (Å²) in [6.07, 6.45) is 5.76. The topological polar surface area (TPSA) is 71.4 Å². The Morgan fingerprint density at radius 2 is 1.22 bits per heavy atom. The van der Waals surface area contributed by atoms with Crippen LogP contribution in [-0.4, -0.2) is 23.0 Å². The predicted octanol–water partition coefficient (Wildman–Crippen LogP) is 1.85. The number of aromatic hydroxyl groups is 1. The lowest BCUT2D eigenvalue weighted by Crippen LogP contribution is -1.97. The molecule has 0 unspecified atom stereocenters. The third-order valence-corrected chi connectivity index (χ3v) is 1.58. The van der Waals surface area contributed by atoms with Crippen molar-refractivity contribution in [1.29, 1.82) is 0 Å². The van der Waals surface area contributed by atoms with Gasteiger partial charge in [-0.2, -0.15) is 0 Å². The molecular weight excluding hydrogens is 232 g/mol. The molecule has 0 bridgehead atoms. The molecule has 0 fully saturated rings. The van der Waals surface area contributed by atoms with E-state index in [1.807, 2.05) is 6.07 Å². The molecule has 18 heavy (non-hydrogen) atoms. The van der Waals surface area contributed by atoms with E-state index in [-0.39, 0.29) is 11.6 Å². The summed E-state index contributed by atoms with van der Waals surface area (Å²) in [5.41, 5.74) is 0. The van der Waals surface area contributed by atoms with Crippen molar-refractivity contribution >= 4 is 17.9 Å². The zero-order valence-corrected chi connectivity index (χ0v) is 9.95. The van der Waals surface area contributed by atoms with Crippen LogP contribution in [0.25, 0.3) is 0 Å². The van der Waals surface area contributed by atoms with E-state index in [1.54, 1.807) is 24.3 Å². The third-order valence-electron chi connectivity index (χ3n) is 1.58. The van der Waals surface area contributed by atoms with Gasteiger partial charge in [0.1, 0.15) is 12.0 Å². The monoisotopic (exact) mass is 246 g/mol. The van der Waals surface area contributed by atoms with Gasteiger partial charge in [-0.05, 0) is 43.4 Å². The van der Waals surface area contributed by atoms with Crippen LogP contribution in [0.5, 0.6) is 5.75 Å². The molecule has 0 radical (unpaired) electrons. The zero-order chi connectivity index (χ0) is 13.8. The molecule has 4 nitrogen and oxygen atoms in total. The van der Waals surface area contributed by atoms with Crippen LogP contribution in [0.1, 0.15) is 6.92 Å². The number of rotatable bonds is 0. The number of para-hydroxylation sites is 1. The van der Waals surface area contributed by atoms with Crippen molar-refractivity contribution in [2.75, 3.05) is 0 Å². The smallest absolute Gasteiger partial charge is 0.178 e. The minimum atomic E-state index is -0.121. The molecule has 0 atom stereocenters. The van der Waals surface area contributed by atoms with Crippen molar-refractivity contribution in [3.63, 3.8) is 0 Å². The number of allylic oxidation sites excluding steroid dienone is 4. The van der Waals surface area contributed by atoms with Gasteiger partial charge in [-0.3, -0.25) is 9.59 Å².